The Morgan fingerprint density at radius 1 is 1.33 bits per heavy atom. The van der Waals surface area contributed by atoms with Gasteiger partial charge >= 0.3 is 5.69 Å². The van der Waals surface area contributed by atoms with E-state index >= 15 is 0 Å². The quantitative estimate of drug-likeness (QED) is 0.387. The van der Waals surface area contributed by atoms with Crippen LogP contribution in [0.3, 0.4) is 0 Å². The minimum Gasteiger partial charge on any atom is -0.490 e. The molecular weight excluding hydrogens is 312 g/mol. The Bertz CT molecular complexity index is 679. The molecule has 7 heteroatoms. The molecule has 0 aliphatic heterocycles. The molecule has 0 aromatic heterocycles. The van der Waals surface area contributed by atoms with E-state index in [1.807, 2.05) is 0 Å². The lowest BCUT2D eigenvalue weighted by Gasteiger charge is -2.07. The van der Waals surface area contributed by atoms with Crippen LogP contribution in [-0.4, -0.2) is 12.0 Å². The zero-order valence-corrected chi connectivity index (χ0v) is 12.8. The molecule has 0 unspecified atom stereocenters. The van der Waals surface area contributed by atoms with E-state index in [-0.39, 0.29) is 11.4 Å². The molecule has 21 heavy (non-hydrogen) atoms. The second kappa shape index (κ2) is 6.69. The Labute approximate surface area is 131 Å². The summed E-state index contributed by atoms with van der Waals surface area (Å²) in [5.74, 6) is 0.796. The lowest BCUT2D eigenvalue weighted by atomic mass is 10.2. The second-order valence-electron chi connectivity index (χ2n) is 4.24. The molecule has 0 aliphatic rings. The summed E-state index contributed by atoms with van der Waals surface area (Å²) in [6, 6.07) is 10.1. The van der Waals surface area contributed by atoms with E-state index in [1.165, 1.54) is 24.9 Å². The van der Waals surface area contributed by atoms with E-state index in [9.17, 15) is 10.1 Å². The second-order valence-corrected chi connectivity index (χ2v) is 5.67. The van der Waals surface area contributed by atoms with Crippen molar-refractivity contribution in [1.82, 2.24) is 0 Å². The van der Waals surface area contributed by atoms with Gasteiger partial charge in [-0.25, -0.2) is 0 Å². The largest absolute Gasteiger partial charge is 0.490 e. The Morgan fingerprint density at radius 3 is 2.76 bits per heavy atom. The van der Waals surface area contributed by atoms with Crippen molar-refractivity contribution >= 4 is 34.7 Å². The van der Waals surface area contributed by atoms with Crippen LogP contribution in [-0.2, 0) is 5.75 Å². The van der Waals surface area contributed by atoms with Crippen LogP contribution in [0.2, 0.25) is 5.02 Å². The molecule has 2 rings (SSSR count). The molecule has 0 heterocycles. The topological polar surface area (TPSA) is 78.4 Å². The number of nitrogens with two attached hydrogens (primary N) is 1. The summed E-state index contributed by atoms with van der Waals surface area (Å²) in [5.41, 5.74) is 7.11. The number of benzene rings is 2. The predicted molar refractivity (Wildman–Crippen MR) is 85.1 cm³/mol. The molecular formula is C14H13ClN2O3S. The average molecular weight is 325 g/mol. The van der Waals surface area contributed by atoms with Gasteiger partial charge in [-0.05, 0) is 29.8 Å². The minimum atomic E-state index is -0.458. The number of methoxy groups -OCH3 is 1. The van der Waals surface area contributed by atoms with Crippen molar-refractivity contribution in [3.63, 3.8) is 0 Å². The molecule has 0 saturated heterocycles. The minimum absolute atomic E-state index is 0.0470. The fourth-order valence-corrected chi connectivity index (χ4v) is 2.97. The van der Waals surface area contributed by atoms with Crippen molar-refractivity contribution in [2.45, 2.75) is 10.6 Å². The normalized spacial score (nSPS) is 10.4. The van der Waals surface area contributed by atoms with Gasteiger partial charge < -0.3 is 10.5 Å². The van der Waals surface area contributed by atoms with Crippen molar-refractivity contribution in [2.24, 2.45) is 0 Å². The monoisotopic (exact) mass is 324 g/mol. The van der Waals surface area contributed by atoms with Crippen LogP contribution in [0, 0.1) is 10.1 Å². The third kappa shape index (κ3) is 3.80. The molecule has 0 aliphatic carbocycles. The van der Waals surface area contributed by atoms with Crippen molar-refractivity contribution < 1.29 is 9.66 Å². The van der Waals surface area contributed by atoms with Gasteiger partial charge in [0.1, 0.15) is 0 Å². The summed E-state index contributed by atoms with van der Waals surface area (Å²) in [6.45, 7) is 0. The van der Waals surface area contributed by atoms with Gasteiger partial charge in [0, 0.05) is 22.4 Å². The van der Waals surface area contributed by atoms with Crippen molar-refractivity contribution in [3.8, 4) is 5.75 Å². The van der Waals surface area contributed by atoms with Gasteiger partial charge in [-0.3, -0.25) is 10.1 Å². The van der Waals surface area contributed by atoms with Crippen LogP contribution in [0.5, 0.6) is 5.75 Å². The number of nitrogen functional groups attached to an aromatic ring is 1. The van der Waals surface area contributed by atoms with E-state index in [0.29, 0.717) is 16.5 Å². The summed E-state index contributed by atoms with van der Waals surface area (Å²) in [4.78, 5) is 11.4. The zero-order chi connectivity index (χ0) is 15.4. The molecule has 0 atom stereocenters. The Balaban J connectivity index is 2.18. The van der Waals surface area contributed by atoms with Gasteiger partial charge in [-0.15, -0.1) is 11.8 Å². The van der Waals surface area contributed by atoms with Crippen molar-refractivity contribution in [2.75, 3.05) is 12.8 Å². The van der Waals surface area contributed by atoms with Crippen LogP contribution in [0.25, 0.3) is 0 Å². The maximum atomic E-state index is 11.0. The number of nitro benzene ring substituents is 1. The number of ether oxygens (including phenoxy) is 1. The lowest BCUT2D eigenvalue weighted by molar-refractivity contribution is -0.385. The summed E-state index contributed by atoms with van der Waals surface area (Å²) in [5, 5.41) is 11.6. The predicted octanol–water partition coefficient (Wildman–Crippen LogP) is 4.13. The number of rotatable bonds is 5. The Hall–Kier alpha value is -1.92. The molecule has 2 aromatic carbocycles. The fraction of sp³-hybridized carbons (Fsp3) is 0.143. The third-order valence-corrected chi connectivity index (χ3v) is 4.36. The Morgan fingerprint density at radius 2 is 2.10 bits per heavy atom. The highest BCUT2D eigenvalue weighted by molar-refractivity contribution is 7.98. The molecule has 0 bridgehead atoms. The molecule has 2 aromatic rings. The van der Waals surface area contributed by atoms with Gasteiger partial charge in [0.25, 0.3) is 0 Å². The Kier molecular flexibility index (Phi) is 4.93. The molecule has 110 valence electrons. The van der Waals surface area contributed by atoms with Crippen LogP contribution in [0.4, 0.5) is 11.4 Å². The maximum absolute atomic E-state index is 11.0. The number of halogens is 1. The van der Waals surface area contributed by atoms with E-state index in [0.717, 1.165) is 10.5 Å². The van der Waals surface area contributed by atoms with E-state index in [4.69, 9.17) is 22.1 Å². The first-order valence-electron chi connectivity index (χ1n) is 6.00. The molecule has 0 saturated carbocycles. The van der Waals surface area contributed by atoms with Gasteiger partial charge in [-0.1, -0.05) is 17.7 Å². The number of anilines is 1. The standard InChI is InChI=1S/C14H13ClN2O3S/c1-20-13-5-2-9(6-12(13)17(18)19)8-21-14-7-10(16)3-4-11(14)15/h2-7H,8,16H2,1H3. The first-order valence-corrected chi connectivity index (χ1v) is 7.36. The van der Waals surface area contributed by atoms with Gasteiger partial charge in [0.15, 0.2) is 5.75 Å². The maximum Gasteiger partial charge on any atom is 0.311 e. The third-order valence-electron chi connectivity index (χ3n) is 2.79. The summed E-state index contributed by atoms with van der Waals surface area (Å²) in [6.07, 6.45) is 0. The van der Waals surface area contributed by atoms with Crippen LogP contribution in [0.15, 0.2) is 41.3 Å². The number of nitro groups is 1. The molecule has 0 fully saturated rings. The number of hydrogen-bond donors (Lipinski definition) is 1. The summed E-state index contributed by atoms with van der Waals surface area (Å²) >= 11 is 7.56. The fourth-order valence-electron chi connectivity index (χ4n) is 1.76. The van der Waals surface area contributed by atoms with Crippen LogP contribution in [0.1, 0.15) is 5.56 Å². The average Bonchev–Trinajstić information content (AvgIpc) is 2.47. The highest BCUT2D eigenvalue weighted by Gasteiger charge is 2.15. The molecule has 0 radical (unpaired) electrons. The summed E-state index contributed by atoms with van der Waals surface area (Å²) in [7, 11) is 1.41. The van der Waals surface area contributed by atoms with Crippen molar-refractivity contribution in [3.05, 3.63) is 57.1 Å². The lowest BCUT2D eigenvalue weighted by Crippen LogP contribution is -1.95. The zero-order valence-electron chi connectivity index (χ0n) is 11.2. The molecule has 2 N–H and O–H groups in total. The molecule has 0 amide bonds. The number of nitrogens with zero attached hydrogens (tertiary/aromatic N) is 1. The van der Waals surface area contributed by atoms with E-state index < -0.39 is 4.92 Å². The van der Waals surface area contributed by atoms with E-state index in [1.54, 1.807) is 30.3 Å². The van der Waals surface area contributed by atoms with Gasteiger partial charge in [0.05, 0.1) is 17.1 Å². The highest BCUT2D eigenvalue weighted by Crippen LogP contribution is 2.34. The first kappa shape index (κ1) is 15.5. The summed E-state index contributed by atoms with van der Waals surface area (Å²) < 4.78 is 4.97. The van der Waals surface area contributed by atoms with Gasteiger partial charge in [-0.2, -0.15) is 0 Å². The first-order chi connectivity index (χ1) is 10.0. The molecule has 5 nitrogen and oxygen atoms in total. The van der Waals surface area contributed by atoms with E-state index in [2.05, 4.69) is 0 Å². The number of thioether (sulfide) groups is 1. The van der Waals surface area contributed by atoms with Gasteiger partial charge in [0.2, 0.25) is 0 Å². The SMILES string of the molecule is COc1ccc(CSc2cc(N)ccc2Cl)cc1[N+](=O)[O-]. The van der Waals surface area contributed by atoms with Crippen LogP contribution < -0.4 is 10.5 Å². The number of hydrogen-bond acceptors (Lipinski definition) is 5. The highest BCUT2D eigenvalue weighted by atomic mass is 35.5. The van der Waals surface area contributed by atoms with Crippen LogP contribution >= 0.6 is 23.4 Å². The smallest absolute Gasteiger partial charge is 0.311 e. The van der Waals surface area contributed by atoms with Crippen molar-refractivity contribution in [1.29, 1.82) is 0 Å². The molecule has 0 spiro atoms.